The van der Waals surface area contributed by atoms with Crippen molar-refractivity contribution in [3.63, 3.8) is 0 Å². The van der Waals surface area contributed by atoms with E-state index in [-0.39, 0.29) is 34.9 Å². The molecule has 0 spiro atoms. The Hall–Kier alpha value is -9.94. The van der Waals surface area contributed by atoms with E-state index in [1.165, 1.54) is 12.1 Å². The first-order chi connectivity index (χ1) is 41.9. The van der Waals surface area contributed by atoms with Crippen LogP contribution in [0.15, 0.2) is 140 Å². The fourth-order valence-corrected chi connectivity index (χ4v) is 10.3. The van der Waals surface area contributed by atoms with Crippen LogP contribution in [-0.2, 0) is 29.7 Å². The Morgan fingerprint density at radius 2 is 0.761 bits per heavy atom. The molecule has 18 heteroatoms. The van der Waals surface area contributed by atoms with Crippen molar-refractivity contribution in [2.24, 2.45) is 16.2 Å². The maximum Gasteiger partial charge on any atom is 0.315 e. The zero-order valence-electron chi connectivity index (χ0n) is 50.1. The van der Waals surface area contributed by atoms with Crippen LogP contribution in [0.4, 0.5) is 37.2 Å². The van der Waals surface area contributed by atoms with Gasteiger partial charge in [0.2, 0.25) is 17.7 Å². The molecule has 0 saturated carbocycles. The van der Waals surface area contributed by atoms with Crippen LogP contribution in [0, 0.1) is 16.2 Å². The van der Waals surface area contributed by atoms with Crippen LogP contribution in [0.3, 0.4) is 0 Å². The number of amides is 5. The highest BCUT2D eigenvalue weighted by atomic mass is 32.1. The molecule has 0 atom stereocenters. The molecular formula is C70H67F2N9O6S. The minimum Gasteiger partial charge on any atom is -0.483 e. The fraction of sp³-hybridized carbons (Fsp3) is 0.214. The number of alkyl halides is 2. The lowest BCUT2D eigenvalue weighted by atomic mass is 9.94. The van der Waals surface area contributed by atoms with E-state index in [9.17, 15) is 32.8 Å². The molecule has 0 radical (unpaired) electrons. The first kappa shape index (κ1) is 61.2. The number of anilines is 5. The molecule has 5 amide bonds. The summed E-state index contributed by atoms with van der Waals surface area (Å²) in [7, 11) is 0. The number of benzene rings is 5. The SMILES string of the molecule is CC(C)(C)C(=O)Nc1ccccc1-c1c2nc(c(-c3ccccc3NC(=O)C(C)(C)C)c3ccc([nH]3)c(-c3ccccc3NC(=O)C(C)(C)C)c3nc(c(-c4ccccc4NC(=O)COc4cccc(NC(=O)C(F)F)c4CS)c4ccc1[nH]4)C=C3)C=C2. The summed E-state index contributed by atoms with van der Waals surface area (Å²) in [6, 6.07) is 42.1. The van der Waals surface area contributed by atoms with Crippen LogP contribution in [0.5, 0.6) is 5.75 Å². The number of ether oxygens (including phenoxy) is 1. The molecule has 5 heterocycles. The van der Waals surface area contributed by atoms with Crippen molar-refractivity contribution >= 4 is 117 Å². The maximum absolute atomic E-state index is 14.2. The first-order valence-corrected chi connectivity index (χ1v) is 29.2. The molecule has 2 aliphatic rings. The van der Waals surface area contributed by atoms with Crippen molar-refractivity contribution in [2.75, 3.05) is 33.2 Å². The van der Waals surface area contributed by atoms with Crippen LogP contribution in [0.25, 0.3) is 90.9 Å². The summed E-state index contributed by atoms with van der Waals surface area (Å²) < 4.78 is 32.6. The van der Waals surface area contributed by atoms with Crippen molar-refractivity contribution in [2.45, 2.75) is 74.5 Å². The second-order valence-corrected chi connectivity index (χ2v) is 24.7. The van der Waals surface area contributed by atoms with E-state index >= 15 is 0 Å². The zero-order valence-corrected chi connectivity index (χ0v) is 51.0. The van der Waals surface area contributed by atoms with E-state index in [0.29, 0.717) is 118 Å². The molecule has 448 valence electrons. The number of nitrogens with one attached hydrogen (secondary N) is 7. The van der Waals surface area contributed by atoms with Crippen LogP contribution >= 0.6 is 12.6 Å². The number of fused-ring (bicyclic) bond motifs is 8. The van der Waals surface area contributed by atoms with Crippen LogP contribution in [0.1, 0.15) is 90.7 Å². The Balaban J connectivity index is 1.26. The largest absolute Gasteiger partial charge is 0.483 e. The fourth-order valence-electron chi connectivity index (χ4n) is 10.0. The molecule has 7 N–H and O–H groups in total. The number of aromatic amines is 2. The minimum absolute atomic E-state index is 0.00203. The quantitative estimate of drug-likeness (QED) is 0.0490. The molecule has 10 rings (SSSR count). The summed E-state index contributed by atoms with van der Waals surface area (Å²) in [5, 5.41) is 14.8. The number of hydrogen-bond donors (Lipinski definition) is 8. The third kappa shape index (κ3) is 13.1. The average molecular weight is 1200 g/mol. The van der Waals surface area contributed by atoms with Crippen molar-refractivity contribution in [1.29, 1.82) is 0 Å². The number of carbonyl (C=O) groups is 5. The smallest absolute Gasteiger partial charge is 0.315 e. The van der Waals surface area contributed by atoms with Crippen molar-refractivity contribution in [1.82, 2.24) is 19.9 Å². The predicted molar refractivity (Wildman–Crippen MR) is 353 cm³/mol. The number of nitrogens with zero attached hydrogens (tertiary/aromatic N) is 2. The molecule has 8 bridgehead atoms. The molecule has 15 nitrogen and oxygen atoms in total. The Bertz CT molecular complexity index is 4280. The van der Waals surface area contributed by atoms with Gasteiger partial charge in [-0.15, -0.1) is 0 Å². The lowest BCUT2D eigenvalue weighted by Crippen LogP contribution is -2.27. The number of halogens is 2. The van der Waals surface area contributed by atoms with Gasteiger partial charge in [0.05, 0.1) is 22.8 Å². The number of thiol groups is 1. The van der Waals surface area contributed by atoms with Gasteiger partial charge in [0.15, 0.2) is 6.61 Å². The highest BCUT2D eigenvalue weighted by Crippen LogP contribution is 2.44. The molecule has 0 fully saturated rings. The summed E-state index contributed by atoms with van der Waals surface area (Å²) in [6.07, 6.45) is 4.39. The van der Waals surface area contributed by atoms with E-state index in [2.05, 4.69) is 49.2 Å². The first-order valence-electron chi connectivity index (χ1n) is 28.6. The molecule has 0 aliphatic carbocycles. The molecule has 0 saturated heterocycles. The molecule has 2 aliphatic heterocycles. The van der Waals surface area contributed by atoms with Gasteiger partial charge in [-0.3, -0.25) is 24.0 Å². The van der Waals surface area contributed by atoms with Gasteiger partial charge in [-0.05, 0) is 85.0 Å². The number of aromatic nitrogens is 4. The van der Waals surface area contributed by atoms with Crippen molar-refractivity contribution in [3.8, 4) is 50.3 Å². The Morgan fingerprint density at radius 1 is 0.443 bits per heavy atom. The lowest BCUT2D eigenvalue weighted by Gasteiger charge is -2.20. The van der Waals surface area contributed by atoms with Gasteiger partial charge in [-0.1, -0.05) is 141 Å². The summed E-state index contributed by atoms with van der Waals surface area (Å²) in [6.45, 7) is 16.1. The normalized spacial score (nSPS) is 12.2. The Morgan fingerprint density at radius 3 is 1.08 bits per heavy atom. The van der Waals surface area contributed by atoms with E-state index in [0.717, 1.165) is 0 Å². The third-order valence-electron chi connectivity index (χ3n) is 14.7. The van der Waals surface area contributed by atoms with E-state index in [4.69, 9.17) is 14.7 Å². The lowest BCUT2D eigenvalue weighted by molar-refractivity contribution is -0.126. The number of carbonyl (C=O) groups excluding carboxylic acids is 5. The van der Waals surface area contributed by atoms with Gasteiger partial charge in [0.1, 0.15) is 5.75 Å². The van der Waals surface area contributed by atoms with Gasteiger partial charge in [0.25, 0.3) is 11.8 Å². The number of para-hydroxylation sites is 4. The minimum atomic E-state index is -3.26. The Kier molecular flexibility index (Phi) is 17.2. The highest BCUT2D eigenvalue weighted by molar-refractivity contribution is 7.79. The monoisotopic (exact) mass is 1200 g/mol. The number of hydrogen-bond acceptors (Lipinski definition) is 9. The number of rotatable bonds is 14. The average Bonchev–Trinajstić information content (AvgIpc) is 1.72. The molecule has 3 aromatic heterocycles. The molecule has 8 aromatic rings. The highest BCUT2D eigenvalue weighted by Gasteiger charge is 2.29. The van der Waals surface area contributed by atoms with Crippen molar-refractivity contribution < 1.29 is 37.5 Å². The van der Waals surface area contributed by atoms with Gasteiger partial charge in [-0.25, -0.2) is 9.97 Å². The van der Waals surface area contributed by atoms with Crippen LogP contribution in [-0.4, -0.2) is 62.5 Å². The van der Waals surface area contributed by atoms with Gasteiger partial charge in [-0.2, -0.15) is 21.4 Å². The second-order valence-electron chi connectivity index (χ2n) is 24.4. The van der Waals surface area contributed by atoms with Crippen molar-refractivity contribution in [3.05, 3.63) is 168 Å². The second kappa shape index (κ2) is 24.8. The predicted octanol–water partition coefficient (Wildman–Crippen LogP) is 15.9. The molecular weight excluding hydrogens is 1130 g/mol. The molecule has 5 aromatic carbocycles. The topological polar surface area (TPSA) is 212 Å². The standard InChI is InChI=1S/C70H67F2N9O6S/c1-68(2,3)65(84)79-45-24-15-11-20-40(45)60-51-31-29-49(73-51)59(39-19-10-14-23-44(39)77-58(82)37-87-57-28-18-27-48(43(57)38-88)78-64(83)63(71)72)50-30-32-52(74-50)61(41-21-12-16-25-46(41)80-66(85)69(4,5)6)54-34-36-56(76-54)62(55-35-33-53(60)75-55)42-22-13-17-26-47(42)81-67(86)70(7,8)9/h10-36,63,73,76,88H,37-38H2,1-9H3,(H,77,82)(H,78,83)(H,79,84)(H,80,85)(H,81,86). The van der Waals surface area contributed by atoms with E-state index in [1.807, 2.05) is 196 Å². The Labute approximate surface area is 514 Å². The summed E-state index contributed by atoms with van der Waals surface area (Å²) in [4.78, 5) is 86.3. The van der Waals surface area contributed by atoms with Crippen LogP contribution in [0.2, 0.25) is 0 Å². The molecule has 0 unspecified atom stereocenters. The van der Waals surface area contributed by atoms with Gasteiger partial charge in [0, 0.05) is 123 Å². The summed E-state index contributed by atoms with van der Waals surface area (Å²) >= 11 is 4.37. The van der Waals surface area contributed by atoms with E-state index in [1.54, 1.807) is 18.2 Å². The third-order valence-corrected chi connectivity index (χ3v) is 15.0. The molecule has 88 heavy (non-hydrogen) atoms. The zero-order chi connectivity index (χ0) is 62.8. The van der Waals surface area contributed by atoms with Gasteiger partial charge < -0.3 is 41.3 Å². The summed E-state index contributed by atoms with van der Waals surface area (Å²) in [5.74, 6) is -2.49. The maximum atomic E-state index is 14.2. The van der Waals surface area contributed by atoms with Gasteiger partial charge >= 0.3 is 6.43 Å². The van der Waals surface area contributed by atoms with Crippen LogP contribution < -0.4 is 31.3 Å². The number of H-pyrrole nitrogens is 2. The van der Waals surface area contributed by atoms with E-state index < -0.39 is 41.1 Å². The summed E-state index contributed by atoms with van der Waals surface area (Å²) in [5.41, 5.74) is 9.72.